The van der Waals surface area contributed by atoms with E-state index < -0.39 is 0 Å². The first-order valence-electron chi connectivity index (χ1n) is 5.36. The number of imidazole rings is 1. The van der Waals surface area contributed by atoms with Crippen molar-refractivity contribution in [3.63, 3.8) is 0 Å². The fourth-order valence-electron chi connectivity index (χ4n) is 1.87. The minimum atomic E-state index is -0.289. The molecule has 0 amide bonds. The average molecular weight is 263 g/mol. The lowest BCUT2D eigenvalue weighted by Gasteiger charge is -2.03. The van der Waals surface area contributed by atoms with Crippen LogP contribution in [-0.4, -0.2) is 24.3 Å². The van der Waals surface area contributed by atoms with Crippen LogP contribution in [0.15, 0.2) is 24.5 Å². The lowest BCUT2D eigenvalue weighted by molar-refractivity contribution is 0.627. The Hall–Kier alpha value is -2.02. The molecule has 3 rings (SSSR count). The van der Waals surface area contributed by atoms with Crippen LogP contribution in [0.3, 0.4) is 0 Å². The van der Waals surface area contributed by atoms with Crippen LogP contribution < -0.4 is 0 Å². The number of rotatable bonds is 2. The molecule has 0 saturated carbocycles. The Kier molecular flexibility index (Phi) is 2.48. The summed E-state index contributed by atoms with van der Waals surface area (Å²) in [5.74, 6) is 0.472. The predicted molar refractivity (Wildman–Crippen MR) is 67.2 cm³/mol. The number of nitrogens with one attached hydrogen (secondary N) is 1. The number of halogens is 1. The van der Waals surface area contributed by atoms with Gasteiger partial charge in [0.15, 0.2) is 10.6 Å². The Balaban J connectivity index is 2.17. The molecule has 0 unspecified atom stereocenters. The Morgan fingerprint density at radius 2 is 2.28 bits per heavy atom. The van der Waals surface area contributed by atoms with Crippen molar-refractivity contribution in [1.29, 1.82) is 0 Å². The van der Waals surface area contributed by atoms with Gasteiger partial charge in [0.05, 0.1) is 17.6 Å². The standard InChI is InChI=1S/C11H10FN5S/c1-16-6-13-15-10(16)5-17-9-4-7(12)2-3-8(9)14-11(17)18/h2-4,6H,5H2,1H3,(H,14,18). The van der Waals surface area contributed by atoms with E-state index in [-0.39, 0.29) is 5.82 Å². The van der Waals surface area contributed by atoms with Gasteiger partial charge in [-0.1, -0.05) is 0 Å². The number of aromatic nitrogens is 5. The molecule has 0 spiro atoms. The van der Waals surface area contributed by atoms with Crippen molar-refractivity contribution in [3.05, 3.63) is 40.9 Å². The van der Waals surface area contributed by atoms with E-state index in [0.717, 1.165) is 16.9 Å². The monoisotopic (exact) mass is 263 g/mol. The highest BCUT2D eigenvalue weighted by Gasteiger charge is 2.08. The lowest BCUT2D eigenvalue weighted by atomic mass is 10.3. The average Bonchev–Trinajstić information content (AvgIpc) is 2.86. The van der Waals surface area contributed by atoms with E-state index in [9.17, 15) is 4.39 Å². The fraction of sp³-hybridized carbons (Fsp3) is 0.182. The van der Waals surface area contributed by atoms with Crippen LogP contribution in [0.4, 0.5) is 4.39 Å². The molecular formula is C11H10FN5S. The highest BCUT2D eigenvalue weighted by molar-refractivity contribution is 7.71. The van der Waals surface area contributed by atoms with Gasteiger partial charge >= 0.3 is 0 Å². The maximum absolute atomic E-state index is 13.3. The number of fused-ring (bicyclic) bond motifs is 1. The first-order chi connectivity index (χ1) is 8.65. The predicted octanol–water partition coefficient (Wildman–Crippen LogP) is 2.01. The van der Waals surface area contributed by atoms with Gasteiger partial charge < -0.3 is 14.1 Å². The van der Waals surface area contributed by atoms with Crippen LogP contribution >= 0.6 is 12.2 Å². The Morgan fingerprint density at radius 3 is 3.00 bits per heavy atom. The molecule has 0 aliphatic rings. The highest BCUT2D eigenvalue weighted by Crippen LogP contribution is 2.16. The first kappa shape index (κ1) is 11.1. The Morgan fingerprint density at radius 1 is 1.44 bits per heavy atom. The van der Waals surface area contributed by atoms with Crippen molar-refractivity contribution in [3.8, 4) is 0 Å². The fourth-order valence-corrected chi connectivity index (χ4v) is 2.15. The third kappa shape index (κ3) is 1.72. The minimum Gasteiger partial charge on any atom is -0.331 e. The largest absolute Gasteiger partial charge is 0.331 e. The summed E-state index contributed by atoms with van der Waals surface area (Å²) in [4.78, 5) is 3.04. The van der Waals surface area contributed by atoms with E-state index in [1.54, 1.807) is 21.5 Å². The molecule has 2 heterocycles. The van der Waals surface area contributed by atoms with Crippen LogP contribution in [0.5, 0.6) is 0 Å². The molecule has 1 N–H and O–H groups in total. The number of H-pyrrole nitrogens is 1. The summed E-state index contributed by atoms with van der Waals surface area (Å²) in [7, 11) is 1.86. The molecule has 3 aromatic rings. The van der Waals surface area contributed by atoms with Gasteiger partial charge in [0, 0.05) is 7.05 Å². The van der Waals surface area contributed by atoms with Gasteiger partial charge in [-0.15, -0.1) is 10.2 Å². The smallest absolute Gasteiger partial charge is 0.178 e. The number of nitrogens with zero attached hydrogens (tertiary/aromatic N) is 4. The second-order valence-corrected chi connectivity index (χ2v) is 4.42. The summed E-state index contributed by atoms with van der Waals surface area (Å²) < 4.78 is 17.4. The zero-order valence-electron chi connectivity index (χ0n) is 9.59. The van der Waals surface area contributed by atoms with Crippen molar-refractivity contribution in [2.45, 2.75) is 6.54 Å². The van der Waals surface area contributed by atoms with Crippen molar-refractivity contribution < 1.29 is 4.39 Å². The second-order valence-electron chi connectivity index (χ2n) is 4.04. The number of benzene rings is 1. The van der Waals surface area contributed by atoms with E-state index in [2.05, 4.69) is 15.2 Å². The molecule has 2 aromatic heterocycles. The van der Waals surface area contributed by atoms with Crippen LogP contribution in [0.1, 0.15) is 5.82 Å². The van der Waals surface area contributed by atoms with Gasteiger partial charge in [0.25, 0.3) is 0 Å². The number of hydrogen-bond acceptors (Lipinski definition) is 3. The summed E-state index contributed by atoms with van der Waals surface area (Å²) in [5, 5.41) is 7.81. The van der Waals surface area contributed by atoms with E-state index in [0.29, 0.717) is 11.3 Å². The van der Waals surface area contributed by atoms with Crippen LogP contribution in [0.2, 0.25) is 0 Å². The van der Waals surface area contributed by atoms with Crippen LogP contribution in [-0.2, 0) is 13.6 Å². The van der Waals surface area contributed by atoms with Gasteiger partial charge in [-0.3, -0.25) is 0 Å². The van der Waals surface area contributed by atoms with Gasteiger partial charge in [-0.05, 0) is 30.4 Å². The van der Waals surface area contributed by atoms with Crippen molar-refractivity contribution >= 4 is 23.3 Å². The van der Waals surface area contributed by atoms with Gasteiger partial charge in [-0.2, -0.15) is 0 Å². The Bertz CT molecular complexity index is 769. The maximum atomic E-state index is 13.3. The number of hydrogen-bond donors (Lipinski definition) is 1. The molecule has 5 nitrogen and oxygen atoms in total. The second kappa shape index (κ2) is 4.02. The van der Waals surface area contributed by atoms with E-state index in [1.165, 1.54) is 12.1 Å². The summed E-state index contributed by atoms with van der Waals surface area (Å²) in [6.07, 6.45) is 1.62. The van der Waals surface area contributed by atoms with Crippen LogP contribution in [0.25, 0.3) is 11.0 Å². The molecule has 0 radical (unpaired) electrons. The summed E-state index contributed by atoms with van der Waals surface area (Å²) >= 11 is 5.24. The van der Waals surface area contributed by atoms with Gasteiger partial charge in [0.2, 0.25) is 0 Å². The third-order valence-electron chi connectivity index (χ3n) is 2.84. The molecule has 0 atom stereocenters. The topological polar surface area (TPSA) is 51.4 Å². The van der Waals surface area contributed by atoms with Gasteiger partial charge in [0.1, 0.15) is 12.1 Å². The normalized spacial score (nSPS) is 11.2. The molecule has 18 heavy (non-hydrogen) atoms. The molecule has 0 bridgehead atoms. The maximum Gasteiger partial charge on any atom is 0.178 e. The first-order valence-corrected chi connectivity index (χ1v) is 5.77. The Labute approximate surface area is 107 Å². The molecular weight excluding hydrogens is 253 g/mol. The number of aromatic amines is 1. The lowest BCUT2D eigenvalue weighted by Crippen LogP contribution is -2.05. The SMILES string of the molecule is Cn1cnnc1Cn1c(=S)[nH]c2ccc(F)cc21. The minimum absolute atomic E-state index is 0.289. The van der Waals surface area contributed by atoms with E-state index >= 15 is 0 Å². The summed E-state index contributed by atoms with van der Waals surface area (Å²) in [5.41, 5.74) is 1.53. The summed E-state index contributed by atoms with van der Waals surface area (Å²) in [6.45, 7) is 0.457. The number of aryl methyl sites for hydroxylation is 1. The zero-order chi connectivity index (χ0) is 12.7. The summed E-state index contributed by atoms with van der Waals surface area (Å²) in [6, 6.07) is 4.53. The van der Waals surface area contributed by atoms with Crippen LogP contribution in [0, 0.1) is 10.6 Å². The van der Waals surface area contributed by atoms with Gasteiger partial charge in [-0.25, -0.2) is 4.39 Å². The zero-order valence-corrected chi connectivity index (χ0v) is 10.4. The molecule has 0 aliphatic carbocycles. The van der Waals surface area contributed by atoms with Crippen molar-refractivity contribution in [2.75, 3.05) is 0 Å². The molecule has 1 aromatic carbocycles. The molecule has 0 saturated heterocycles. The third-order valence-corrected chi connectivity index (χ3v) is 3.16. The quantitative estimate of drug-likeness (QED) is 0.720. The van der Waals surface area contributed by atoms with E-state index in [4.69, 9.17) is 12.2 Å². The van der Waals surface area contributed by atoms with Crippen molar-refractivity contribution in [2.24, 2.45) is 7.05 Å². The molecule has 7 heteroatoms. The van der Waals surface area contributed by atoms with Crippen molar-refractivity contribution in [1.82, 2.24) is 24.3 Å². The van der Waals surface area contributed by atoms with E-state index in [1.807, 2.05) is 7.05 Å². The molecule has 0 fully saturated rings. The molecule has 0 aliphatic heterocycles. The molecule has 92 valence electrons. The highest BCUT2D eigenvalue weighted by atomic mass is 32.1.